The number of fused-ring (bicyclic) bond motifs is 1. The molecule has 0 aliphatic carbocycles. The number of pyridine rings is 1. The van der Waals surface area contributed by atoms with Crippen molar-refractivity contribution >= 4 is 34.4 Å². The van der Waals surface area contributed by atoms with Gasteiger partial charge in [-0.3, -0.25) is 0 Å². The summed E-state index contributed by atoms with van der Waals surface area (Å²) in [6.07, 6.45) is 5.70. The topological polar surface area (TPSA) is 93.0 Å². The summed E-state index contributed by atoms with van der Waals surface area (Å²) in [7, 11) is 0. The largest absolute Gasteiger partial charge is 0.384 e. The molecule has 3 aromatic heterocycles. The van der Waals surface area contributed by atoms with Crippen LogP contribution in [0.25, 0.3) is 22.4 Å². The second-order valence-electron chi connectivity index (χ2n) is 6.27. The number of aromatic nitrogens is 4. The Labute approximate surface area is 163 Å². The van der Waals surface area contributed by atoms with Gasteiger partial charge in [-0.15, -0.1) is 0 Å². The van der Waals surface area contributed by atoms with Crippen LogP contribution in [0.5, 0.6) is 0 Å². The van der Waals surface area contributed by atoms with E-state index in [1.54, 1.807) is 6.20 Å². The number of ether oxygens (including phenoxy) is 1. The minimum absolute atomic E-state index is 0.260. The maximum atomic E-state index is 6.04. The number of thioether (sulfide) groups is 1. The fraction of sp³-hybridized carbons (Fsp3) is 0.421. The number of morpholine rings is 1. The second-order valence-corrected chi connectivity index (χ2v) is 7.42. The van der Waals surface area contributed by atoms with Gasteiger partial charge in [-0.2, -0.15) is 11.8 Å². The first kappa shape index (κ1) is 19.4. The first-order valence-electron chi connectivity index (χ1n) is 9.04. The number of aromatic amines is 1. The normalized spacial score (nSPS) is 16.9. The van der Waals surface area contributed by atoms with Crippen molar-refractivity contribution in [3.05, 3.63) is 30.6 Å². The number of nitrogen functional groups attached to an aromatic ring is 1. The molecule has 1 aliphatic rings. The van der Waals surface area contributed by atoms with Crippen LogP contribution in [0.1, 0.15) is 13.8 Å². The number of H-pyrrole nitrogens is 1. The predicted molar refractivity (Wildman–Crippen MR) is 113 cm³/mol. The zero-order chi connectivity index (χ0) is 19.2. The molecule has 4 heterocycles. The van der Waals surface area contributed by atoms with Crippen LogP contribution >= 0.6 is 11.8 Å². The number of hydrogen-bond acceptors (Lipinski definition) is 7. The molecule has 3 N–H and O–H groups in total. The van der Waals surface area contributed by atoms with Crippen molar-refractivity contribution in [1.29, 1.82) is 0 Å². The lowest BCUT2D eigenvalue weighted by molar-refractivity contribution is 0.0985. The summed E-state index contributed by atoms with van der Waals surface area (Å²) in [5.41, 5.74) is 7.77. The van der Waals surface area contributed by atoms with Crippen molar-refractivity contribution in [2.75, 3.05) is 42.4 Å². The van der Waals surface area contributed by atoms with Gasteiger partial charge in [-0.05, 0) is 31.1 Å². The molecule has 3 aromatic rings. The van der Waals surface area contributed by atoms with Gasteiger partial charge in [0.05, 0.1) is 19.3 Å². The Bertz CT molecular complexity index is 882. The summed E-state index contributed by atoms with van der Waals surface area (Å²) in [5.74, 6) is 3.15. The van der Waals surface area contributed by atoms with E-state index in [9.17, 15) is 0 Å². The van der Waals surface area contributed by atoms with Crippen LogP contribution < -0.4 is 10.6 Å². The molecule has 0 amide bonds. The molecule has 0 spiro atoms. The average Bonchev–Trinajstić information content (AvgIpc) is 3.17. The minimum atomic E-state index is 0.260. The van der Waals surface area contributed by atoms with E-state index in [4.69, 9.17) is 15.5 Å². The summed E-state index contributed by atoms with van der Waals surface area (Å²) in [6.45, 7) is 6.45. The molecule has 144 valence electrons. The second kappa shape index (κ2) is 9.05. The molecule has 1 atom stereocenters. The van der Waals surface area contributed by atoms with Crippen molar-refractivity contribution < 1.29 is 4.74 Å². The summed E-state index contributed by atoms with van der Waals surface area (Å²) < 4.78 is 5.50. The molecular weight excluding hydrogens is 360 g/mol. The summed E-state index contributed by atoms with van der Waals surface area (Å²) in [5, 5.41) is 0.985. The number of nitrogens with one attached hydrogen (secondary N) is 1. The predicted octanol–water partition coefficient (Wildman–Crippen LogP) is 3.20. The van der Waals surface area contributed by atoms with Gasteiger partial charge < -0.3 is 20.4 Å². The van der Waals surface area contributed by atoms with E-state index in [2.05, 4.69) is 40.0 Å². The lowest BCUT2D eigenvalue weighted by Gasteiger charge is -2.34. The van der Waals surface area contributed by atoms with Crippen LogP contribution in [0.3, 0.4) is 0 Å². The highest BCUT2D eigenvalue weighted by atomic mass is 32.2. The lowest BCUT2D eigenvalue weighted by Crippen LogP contribution is -2.44. The van der Waals surface area contributed by atoms with Gasteiger partial charge in [-0.1, -0.05) is 6.92 Å². The van der Waals surface area contributed by atoms with Gasteiger partial charge in [0, 0.05) is 36.0 Å². The molecule has 0 aromatic carbocycles. The highest BCUT2D eigenvalue weighted by Crippen LogP contribution is 2.28. The van der Waals surface area contributed by atoms with E-state index in [1.807, 2.05) is 36.2 Å². The van der Waals surface area contributed by atoms with Gasteiger partial charge >= 0.3 is 0 Å². The molecule has 8 heteroatoms. The maximum Gasteiger partial charge on any atom is 0.164 e. The molecule has 1 unspecified atom stereocenters. The van der Waals surface area contributed by atoms with Crippen molar-refractivity contribution in [2.24, 2.45) is 0 Å². The number of anilines is 2. The smallest absolute Gasteiger partial charge is 0.164 e. The first-order valence-corrected chi connectivity index (χ1v) is 10.4. The molecule has 1 saturated heterocycles. The highest BCUT2D eigenvalue weighted by Gasteiger charge is 2.21. The number of rotatable bonds is 3. The Morgan fingerprint density at radius 1 is 1.37 bits per heavy atom. The average molecular weight is 387 g/mol. The van der Waals surface area contributed by atoms with E-state index < -0.39 is 0 Å². The Morgan fingerprint density at radius 3 is 2.93 bits per heavy atom. The molecule has 0 saturated carbocycles. The van der Waals surface area contributed by atoms with Crippen molar-refractivity contribution in [3.8, 4) is 11.4 Å². The van der Waals surface area contributed by atoms with Gasteiger partial charge in [0.1, 0.15) is 17.3 Å². The van der Waals surface area contributed by atoms with Crippen LogP contribution in [-0.4, -0.2) is 57.7 Å². The Morgan fingerprint density at radius 2 is 2.19 bits per heavy atom. The van der Waals surface area contributed by atoms with Gasteiger partial charge in [0.25, 0.3) is 0 Å². The van der Waals surface area contributed by atoms with E-state index in [0.29, 0.717) is 24.9 Å². The van der Waals surface area contributed by atoms with E-state index >= 15 is 0 Å². The summed E-state index contributed by atoms with van der Waals surface area (Å²) >= 11 is 1.86. The van der Waals surface area contributed by atoms with Crippen molar-refractivity contribution in [2.45, 2.75) is 19.9 Å². The quantitative estimate of drug-likeness (QED) is 0.714. The van der Waals surface area contributed by atoms with Crippen molar-refractivity contribution in [1.82, 2.24) is 19.9 Å². The van der Waals surface area contributed by atoms with Gasteiger partial charge in [0.2, 0.25) is 0 Å². The van der Waals surface area contributed by atoms with Crippen LogP contribution in [0.15, 0.2) is 30.6 Å². The molecular formula is C19H26N6OS. The zero-order valence-electron chi connectivity index (χ0n) is 16.0. The van der Waals surface area contributed by atoms with E-state index in [1.165, 1.54) is 5.75 Å². The number of hydrogen-bond donors (Lipinski definition) is 2. The van der Waals surface area contributed by atoms with Gasteiger partial charge in [0.15, 0.2) is 5.82 Å². The standard InChI is InChI=1S/C16H18N6O.C3H8S/c1-10-9-23-7-6-22(10)14-8-13(17)20-16(21-14)12-3-5-19-15-11(12)2-4-18-15;1-3-4-2/h2-5,8,10H,6-7,9H2,1H3,(H,18,19)(H2,17,20,21);3H2,1-2H3. The Hall–Kier alpha value is -2.32. The first-order chi connectivity index (χ1) is 13.1. The molecule has 1 aliphatic heterocycles. The molecule has 4 rings (SSSR count). The highest BCUT2D eigenvalue weighted by molar-refractivity contribution is 7.98. The Balaban J connectivity index is 0.000000481. The van der Waals surface area contributed by atoms with Crippen LogP contribution in [0.4, 0.5) is 11.6 Å². The third-order valence-corrected chi connectivity index (χ3v) is 4.96. The van der Waals surface area contributed by atoms with E-state index in [0.717, 1.165) is 29.0 Å². The molecule has 0 bridgehead atoms. The molecule has 1 fully saturated rings. The third-order valence-electron chi connectivity index (χ3n) is 4.38. The van der Waals surface area contributed by atoms with Gasteiger partial charge in [-0.25, -0.2) is 15.0 Å². The fourth-order valence-electron chi connectivity index (χ4n) is 2.94. The zero-order valence-corrected chi connectivity index (χ0v) is 16.8. The molecule has 0 radical (unpaired) electrons. The van der Waals surface area contributed by atoms with E-state index in [-0.39, 0.29) is 6.04 Å². The monoisotopic (exact) mass is 386 g/mol. The SMILES string of the molecule is CC1COCCN1c1cc(N)nc(-c2ccnc3[nH]ccc23)n1.CCSC. The lowest BCUT2D eigenvalue weighted by atomic mass is 10.1. The minimum Gasteiger partial charge on any atom is -0.384 e. The fourth-order valence-corrected chi connectivity index (χ4v) is 2.94. The summed E-state index contributed by atoms with van der Waals surface area (Å²) in [6, 6.07) is 5.97. The van der Waals surface area contributed by atoms with Crippen molar-refractivity contribution in [3.63, 3.8) is 0 Å². The molecule has 27 heavy (non-hydrogen) atoms. The number of nitrogens with zero attached hydrogens (tertiary/aromatic N) is 4. The van der Waals surface area contributed by atoms with Crippen LogP contribution in [-0.2, 0) is 4.74 Å². The number of nitrogens with two attached hydrogens (primary N) is 1. The molecule has 7 nitrogen and oxygen atoms in total. The summed E-state index contributed by atoms with van der Waals surface area (Å²) in [4.78, 5) is 18.8. The van der Waals surface area contributed by atoms with Crippen LogP contribution in [0, 0.1) is 0 Å². The third kappa shape index (κ3) is 4.51. The Kier molecular flexibility index (Phi) is 6.52. The maximum absolute atomic E-state index is 6.04. The van der Waals surface area contributed by atoms with Crippen LogP contribution in [0.2, 0.25) is 0 Å².